The molecular formula is C24H26N2O5. The summed E-state index contributed by atoms with van der Waals surface area (Å²) in [6, 6.07) is 9.44. The van der Waals surface area contributed by atoms with E-state index in [4.69, 9.17) is 9.47 Å². The van der Waals surface area contributed by atoms with Crippen molar-refractivity contribution in [2.24, 2.45) is 5.92 Å². The Hall–Kier alpha value is -3.09. The number of esters is 1. The highest BCUT2D eigenvalue weighted by molar-refractivity contribution is 5.98. The minimum Gasteiger partial charge on any atom is -0.483 e. The average molecular weight is 422 g/mol. The maximum Gasteiger partial charge on any atom is 0.343 e. The van der Waals surface area contributed by atoms with Gasteiger partial charge in [0, 0.05) is 19.3 Å². The van der Waals surface area contributed by atoms with Crippen LogP contribution in [0.5, 0.6) is 5.75 Å². The van der Waals surface area contributed by atoms with E-state index in [1.165, 1.54) is 6.20 Å². The van der Waals surface area contributed by atoms with Crippen molar-refractivity contribution in [3.63, 3.8) is 0 Å². The van der Waals surface area contributed by atoms with Gasteiger partial charge in [0.25, 0.3) is 5.91 Å². The summed E-state index contributed by atoms with van der Waals surface area (Å²) in [5, 5.41) is 0. The highest BCUT2D eigenvalue weighted by atomic mass is 16.5. The number of carbonyl (C=O) groups excluding carboxylic acids is 2. The van der Waals surface area contributed by atoms with Gasteiger partial charge in [-0.05, 0) is 37.7 Å². The molecule has 7 nitrogen and oxygen atoms in total. The van der Waals surface area contributed by atoms with E-state index >= 15 is 0 Å². The second-order valence-electron chi connectivity index (χ2n) is 8.77. The number of carbonyl (C=O) groups is 2. The van der Waals surface area contributed by atoms with Gasteiger partial charge in [-0.3, -0.25) is 9.59 Å². The van der Waals surface area contributed by atoms with Gasteiger partial charge >= 0.3 is 5.97 Å². The number of hydrogen-bond donors (Lipinski definition) is 0. The van der Waals surface area contributed by atoms with Gasteiger partial charge in [0.1, 0.15) is 12.2 Å². The molecule has 1 saturated carbocycles. The SMILES string of the molecule is CCOC(=O)c1cn2c(c(OCc3ccccc3)c1=O)C(=O)N1CC3CCCC1(C3)C2. The van der Waals surface area contributed by atoms with Crippen molar-refractivity contribution in [3.8, 4) is 5.75 Å². The topological polar surface area (TPSA) is 77.8 Å². The van der Waals surface area contributed by atoms with Crippen molar-refractivity contribution in [2.75, 3.05) is 13.2 Å². The number of amides is 1. The molecule has 2 aromatic rings. The van der Waals surface area contributed by atoms with Crippen LogP contribution in [0.4, 0.5) is 0 Å². The summed E-state index contributed by atoms with van der Waals surface area (Å²) in [6.45, 7) is 3.29. The Morgan fingerprint density at radius 3 is 2.81 bits per heavy atom. The number of benzene rings is 1. The molecule has 1 aromatic heterocycles. The van der Waals surface area contributed by atoms with Crippen LogP contribution in [0.3, 0.4) is 0 Å². The van der Waals surface area contributed by atoms with E-state index in [0.29, 0.717) is 12.5 Å². The molecule has 0 N–H and O–H groups in total. The molecule has 1 aromatic carbocycles. The summed E-state index contributed by atoms with van der Waals surface area (Å²) < 4.78 is 12.8. The van der Waals surface area contributed by atoms with Crippen molar-refractivity contribution in [1.82, 2.24) is 9.47 Å². The lowest BCUT2D eigenvalue weighted by molar-refractivity contribution is 0.0408. The first-order valence-corrected chi connectivity index (χ1v) is 11.0. The fourth-order valence-corrected chi connectivity index (χ4v) is 5.49. The van der Waals surface area contributed by atoms with Gasteiger partial charge < -0.3 is 18.9 Å². The van der Waals surface area contributed by atoms with Crippen molar-refractivity contribution in [2.45, 2.75) is 51.3 Å². The molecule has 1 saturated heterocycles. The van der Waals surface area contributed by atoms with Gasteiger partial charge in [-0.25, -0.2) is 4.79 Å². The maximum absolute atomic E-state index is 13.6. The van der Waals surface area contributed by atoms with Crippen molar-refractivity contribution >= 4 is 11.9 Å². The molecular weight excluding hydrogens is 396 g/mol. The predicted molar refractivity (Wildman–Crippen MR) is 113 cm³/mol. The highest BCUT2D eigenvalue weighted by Crippen LogP contribution is 2.48. The van der Waals surface area contributed by atoms with E-state index in [0.717, 1.165) is 37.8 Å². The Morgan fingerprint density at radius 1 is 1.23 bits per heavy atom. The first kappa shape index (κ1) is 19.8. The maximum atomic E-state index is 13.6. The first-order chi connectivity index (χ1) is 15.0. The number of pyridine rings is 1. The lowest BCUT2D eigenvalue weighted by Gasteiger charge is -2.44. The summed E-state index contributed by atoms with van der Waals surface area (Å²) in [6.07, 6.45) is 5.63. The molecule has 1 amide bonds. The number of rotatable bonds is 5. The number of nitrogens with zero attached hydrogens (tertiary/aromatic N) is 2. The minimum absolute atomic E-state index is 0.0595. The molecule has 2 unspecified atom stereocenters. The highest BCUT2D eigenvalue weighted by Gasteiger charge is 2.54. The fraction of sp³-hybridized carbons (Fsp3) is 0.458. The Morgan fingerprint density at radius 2 is 2.03 bits per heavy atom. The molecule has 2 aliphatic heterocycles. The zero-order chi connectivity index (χ0) is 21.6. The van der Waals surface area contributed by atoms with Crippen LogP contribution in [0.2, 0.25) is 0 Å². The lowest BCUT2D eigenvalue weighted by atomic mass is 9.79. The quantitative estimate of drug-likeness (QED) is 0.693. The molecule has 3 aliphatic rings. The first-order valence-electron chi connectivity index (χ1n) is 11.0. The molecule has 2 fully saturated rings. The second-order valence-corrected chi connectivity index (χ2v) is 8.77. The lowest BCUT2D eigenvalue weighted by Crippen LogP contribution is -2.55. The van der Waals surface area contributed by atoms with Crippen LogP contribution in [0.1, 0.15) is 59.0 Å². The Labute approximate surface area is 180 Å². The predicted octanol–water partition coefficient (Wildman–Crippen LogP) is 3.00. The number of aromatic nitrogens is 1. The Kier molecular flexibility index (Phi) is 4.84. The van der Waals surface area contributed by atoms with Gasteiger partial charge in [0.15, 0.2) is 11.4 Å². The molecule has 1 spiro atoms. The van der Waals surface area contributed by atoms with Crippen LogP contribution in [0, 0.1) is 5.92 Å². The van der Waals surface area contributed by atoms with Crippen LogP contribution in [0.25, 0.3) is 0 Å². The Balaban J connectivity index is 1.61. The van der Waals surface area contributed by atoms with Crippen molar-refractivity contribution < 1.29 is 19.1 Å². The van der Waals surface area contributed by atoms with E-state index in [1.54, 1.807) is 11.5 Å². The third-order valence-electron chi connectivity index (χ3n) is 6.81. The zero-order valence-corrected chi connectivity index (χ0v) is 17.6. The van der Waals surface area contributed by atoms with Gasteiger partial charge in [0.2, 0.25) is 5.43 Å². The number of hydrogen-bond acceptors (Lipinski definition) is 5. The third kappa shape index (κ3) is 3.23. The zero-order valence-electron chi connectivity index (χ0n) is 17.6. The number of fused-ring (bicyclic) bond motifs is 2. The van der Waals surface area contributed by atoms with Crippen LogP contribution in [-0.4, -0.2) is 40.0 Å². The minimum atomic E-state index is -0.687. The Bertz CT molecular complexity index is 1090. The summed E-state index contributed by atoms with van der Waals surface area (Å²) >= 11 is 0. The van der Waals surface area contributed by atoms with Gasteiger partial charge in [-0.2, -0.15) is 0 Å². The summed E-state index contributed by atoms with van der Waals surface area (Å²) in [5.41, 5.74) is 0.208. The van der Waals surface area contributed by atoms with E-state index in [9.17, 15) is 14.4 Å². The standard InChI is InChI=1S/C24H26N2O5/c1-2-30-23(29)18-13-25-15-24-10-6-9-17(11-24)12-26(24)22(28)19(25)21(20(18)27)31-14-16-7-4-3-5-8-16/h3-5,7-8,13,17H,2,6,9-12,14-15H2,1H3. The normalized spacial score (nSPS) is 23.8. The fourth-order valence-electron chi connectivity index (χ4n) is 5.49. The number of ether oxygens (including phenoxy) is 2. The molecule has 31 heavy (non-hydrogen) atoms. The van der Waals surface area contributed by atoms with E-state index in [-0.39, 0.29) is 41.7 Å². The van der Waals surface area contributed by atoms with Crippen molar-refractivity contribution in [1.29, 1.82) is 0 Å². The summed E-state index contributed by atoms with van der Waals surface area (Å²) in [7, 11) is 0. The van der Waals surface area contributed by atoms with Gasteiger partial charge in [-0.15, -0.1) is 0 Å². The van der Waals surface area contributed by atoms with E-state index in [1.807, 2.05) is 35.2 Å². The summed E-state index contributed by atoms with van der Waals surface area (Å²) in [4.78, 5) is 41.3. The van der Waals surface area contributed by atoms with Gasteiger partial charge in [-0.1, -0.05) is 36.8 Å². The molecule has 3 heterocycles. The monoisotopic (exact) mass is 422 g/mol. The molecule has 1 aliphatic carbocycles. The second kappa shape index (κ2) is 7.55. The van der Waals surface area contributed by atoms with E-state index < -0.39 is 11.4 Å². The molecule has 7 heteroatoms. The third-order valence-corrected chi connectivity index (χ3v) is 6.81. The van der Waals surface area contributed by atoms with Crippen LogP contribution < -0.4 is 10.2 Å². The molecule has 162 valence electrons. The van der Waals surface area contributed by atoms with Crippen LogP contribution >= 0.6 is 0 Å². The van der Waals surface area contributed by atoms with Crippen LogP contribution in [-0.2, 0) is 17.9 Å². The van der Waals surface area contributed by atoms with Gasteiger partial charge in [0.05, 0.1) is 12.1 Å². The molecule has 2 bridgehead atoms. The van der Waals surface area contributed by atoms with Crippen LogP contribution in [0.15, 0.2) is 41.3 Å². The molecule has 2 atom stereocenters. The largest absolute Gasteiger partial charge is 0.483 e. The molecule has 0 radical (unpaired) electrons. The molecule has 5 rings (SSSR count). The summed E-state index contributed by atoms with van der Waals surface area (Å²) in [5.74, 6) is -0.424. The average Bonchev–Trinajstić information content (AvgIpc) is 3.03. The smallest absolute Gasteiger partial charge is 0.343 e. The van der Waals surface area contributed by atoms with Crippen molar-refractivity contribution in [3.05, 3.63) is 63.6 Å². The van der Waals surface area contributed by atoms with E-state index in [2.05, 4.69) is 0 Å².